The minimum absolute atomic E-state index is 0.0116. The molecule has 0 unspecified atom stereocenters. The van der Waals surface area contributed by atoms with E-state index in [1.807, 2.05) is 6.07 Å². The molecule has 1 aromatic heterocycles. The van der Waals surface area contributed by atoms with Crippen LogP contribution in [-0.2, 0) is 0 Å². The highest BCUT2D eigenvalue weighted by Gasteiger charge is 2.10. The molecule has 0 aliphatic heterocycles. The zero-order valence-corrected chi connectivity index (χ0v) is 9.51. The van der Waals surface area contributed by atoms with Gasteiger partial charge in [-0.25, -0.2) is 0 Å². The summed E-state index contributed by atoms with van der Waals surface area (Å²) in [5.74, 6) is -0.483. The van der Waals surface area contributed by atoms with Gasteiger partial charge in [0.05, 0.1) is 0 Å². The van der Waals surface area contributed by atoms with Crippen molar-refractivity contribution in [2.75, 3.05) is 5.32 Å². The van der Waals surface area contributed by atoms with Crippen LogP contribution in [0.2, 0.25) is 0 Å². The molecule has 0 aliphatic rings. The maximum absolute atomic E-state index is 11.8. The highest BCUT2D eigenvalue weighted by atomic mass is 32.1. The molecule has 5 nitrogen and oxygen atoms in total. The van der Waals surface area contributed by atoms with Gasteiger partial charge in [0.15, 0.2) is 4.77 Å². The summed E-state index contributed by atoms with van der Waals surface area (Å²) >= 11 is 4.73. The molecule has 0 radical (unpaired) electrons. The third-order valence-corrected chi connectivity index (χ3v) is 2.32. The molecule has 1 amide bonds. The Morgan fingerprint density at radius 3 is 2.59 bits per heavy atom. The number of anilines is 1. The van der Waals surface area contributed by atoms with Crippen LogP contribution >= 0.6 is 12.2 Å². The lowest BCUT2D eigenvalue weighted by Gasteiger charge is -2.03. The number of carbonyl (C=O) groups is 1. The molecule has 6 heteroatoms. The van der Waals surface area contributed by atoms with Crippen molar-refractivity contribution in [3.63, 3.8) is 0 Å². The molecular weight excluding hydrogens is 238 g/mol. The smallest absolute Gasteiger partial charge is 0.264 e. The second-order valence-electron chi connectivity index (χ2n) is 3.31. The number of rotatable bonds is 2. The van der Waals surface area contributed by atoms with Crippen molar-refractivity contribution in [3.8, 4) is 0 Å². The van der Waals surface area contributed by atoms with Crippen molar-refractivity contribution in [1.82, 2.24) is 9.97 Å². The van der Waals surface area contributed by atoms with E-state index in [9.17, 15) is 9.59 Å². The summed E-state index contributed by atoms with van der Waals surface area (Å²) in [4.78, 5) is 28.2. The number of para-hydroxylation sites is 1. The molecule has 0 saturated heterocycles. The monoisotopic (exact) mass is 247 g/mol. The third-order valence-electron chi connectivity index (χ3n) is 2.10. The van der Waals surface area contributed by atoms with Gasteiger partial charge in [-0.2, -0.15) is 0 Å². The van der Waals surface area contributed by atoms with Crippen molar-refractivity contribution in [3.05, 3.63) is 57.2 Å². The van der Waals surface area contributed by atoms with Crippen molar-refractivity contribution >= 4 is 23.8 Å². The zero-order valence-electron chi connectivity index (χ0n) is 8.69. The average molecular weight is 247 g/mol. The van der Waals surface area contributed by atoms with Gasteiger partial charge in [-0.15, -0.1) is 0 Å². The fourth-order valence-corrected chi connectivity index (χ4v) is 1.45. The number of H-pyrrole nitrogens is 2. The standard InChI is InChI=1S/C11H9N3O2S/c15-9(13-7-4-2-1-3-5-7)8-6-12-11(17)14-10(8)16/h1-6H,(H,13,15)(H2,12,14,16,17). The molecule has 2 rings (SSSR count). The van der Waals surface area contributed by atoms with Gasteiger partial charge in [0.1, 0.15) is 5.56 Å². The zero-order chi connectivity index (χ0) is 12.3. The Labute approximate surface area is 102 Å². The van der Waals surface area contributed by atoms with E-state index in [4.69, 9.17) is 12.2 Å². The van der Waals surface area contributed by atoms with Crippen LogP contribution in [0.5, 0.6) is 0 Å². The quantitative estimate of drug-likeness (QED) is 0.706. The minimum atomic E-state index is -0.512. The number of aromatic amines is 2. The SMILES string of the molecule is O=C(Nc1ccccc1)c1c[nH]c(=S)[nH]c1=O. The average Bonchev–Trinajstić information content (AvgIpc) is 2.30. The van der Waals surface area contributed by atoms with Crippen LogP contribution in [0.25, 0.3) is 0 Å². The Bertz CT molecular complexity index is 646. The van der Waals surface area contributed by atoms with Crippen LogP contribution in [0.15, 0.2) is 41.3 Å². The minimum Gasteiger partial charge on any atom is -0.338 e. The highest BCUT2D eigenvalue weighted by molar-refractivity contribution is 7.71. The molecule has 0 spiro atoms. The van der Waals surface area contributed by atoms with Crippen molar-refractivity contribution in [1.29, 1.82) is 0 Å². The number of benzene rings is 1. The van der Waals surface area contributed by atoms with Crippen LogP contribution in [0, 0.1) is 4.77 Å². The van der Waals surface area contributed by atoms with E-state index in [-0.39, 0.29) is 10.3 Å². The molecule has 0 atom stereocenters. The molecule has 0 saturated carbocycles. The Balaban J connectivity index is 2.27. The maximum atomic E-state index is 11.8. The van der Waals surface area contributed by atoms with Gasteiger partial charge < -0.3 is 10.3 Å². The van der Waals surface area contributed by atoms with E-state index in [0.29, 0.717) is 5.69 Å². The number of carbonyl (C=O) groups excluding carboxylic acids is 1. The van der Waals surface area contributed by atoms with Crippen molar-refractivity contribution in [2.24, 2.45) is 0 Å². The predicted octanol–water partition coefficient (Wildman–Crippen LogP) is 1.68. The summed E-state index contributed by atoms with van der Waals surface area (Å²) in [6, 6.07) is 8.88. The first-order chi connectivity index (χ1) is 8.16. The van der Waals surface area contributed by atoms with E-state index in [1.54, 1.807) is 24.3 Å². The van der Waals surface area contributed by atoms with E-state index >= 15 is 0 Å². The highest BCUT2D eigenvalue weighted by Crippen LogP contribution is 2.05. The normalized spacial score (nSPS) is 9.88. The fraction of sp³-hybridized carbons (Fsp3) is 0. The van der Waals surface area contributed by atoms with Gasteiger partial charge in [0, 0.05) is 11.9 Å². The fourth-order valence-electron chi connectivity index (χ4n) is 1.30. The Morgan fingerprint density at radius 2 is 1.94 bits per heavy atom. The molecule has 2 aromatic rings. The Kier molecular flexibility index (Phi) is 3.15. The summed E-state index contributed by atoms with van der Waals surface area (Å²) in [6.45, 7) is 0. The molecule has 3 N–H and O–H groups in total. The van der Waals surface area contributed by atoms with Crippen LogP contribution < -0.4 is 10.9 Å². The van der Waals surface area contributed by atoms with Crippen LogP contribution in [0.1, 0.15) is 10.4 Å². The summed E-state index contributed by atoms with van der Waals surface area (Å²) in [7, 11) is 0. The van der Waals surface area contributed by atoms with Gasteiger partial charge in [-0.05, 0) is 24.4 Å². The summed E-state index contributed by atoms with van der Waals surface area (Å²) in [5, 5.41) is 2.61. The van der Waals surface area contributed by atoms with E-state index in [1.165, 1.54) is 6.20 Å². The van der Waals surface area contributed by atoms with Crippen molar-refractivity contribution < 1.29 is 4.79 Å². The molecule has 86 valence electrons. The molecule has 17 heavy (non-hydrogen) atoms. The van der Waals surface area contributed by atoms with Gasteiger partial charge >= 0.3 is 0 Å². The Morgan fingerprint density at radius 1 is 1.24 bits per heavy atom. The summed E-state index contributed by atoms with van der Waals surface area (Å²) < 4.78 is 0.186. The molecule has 0 bridgehead atoms. The first kappa shape index (κ1) is 11.3. The second kappa shape index (κ2) is 4.75. The Hall–Kier alpha value is -2.21. The third kappa shape index (κ3) is 2.67. The maximum Gasteiger partial charge on any atom is 0.264 e. The lowest BCUT2D eigenvalue weighted by molar-refractivity contribution is 0.102. The van der Waals surface area contributed by atoms with Crippen LogP contribution in [-0.4, -0.2) is 15.9 Å². The number of amides is 1. The largest absolute Gasteiger partial charge is 0.338 e. The molecular formula is C11H9N3O2S. The lowest BCUT2D eigenvalue weighted by atomic mass is 10.3. The van der Waals surface area contributed by atoms with Gasteiger partial charge in [-0.3, -0.25) is 14.6 Å². The topological polar surface area (TPSA) is 77.8 Å². The molecule has 1 heterocycles. The first-order valence-corrected chi connectivity index (χ1v) is 5.26. The predicted molar refractivity (Wildman–Crippen MR) is 66.6 cm³/mol. The summed E-state index contributed by atoms with van der Waals surface area (Å²) in [5.41, 5.74) is 0.101. The number of nitrogens with one attached hydrogen (secondary N) is 3. The van der Waals surface area contributed by atoms with Gasteiger partial charge in [0.25, 0.3) is 11.5 Å². The molecule has 0 fully saturated rings. The number of hydrogen-bond acceptors (Lipinski definition) is 3. The number of hydrogen-bond donors (Lipinski definition) is 3. The summed E-state index contributed by atoms with van der Waals surface area (Å²) in [6.07, 6.45) is 1.29. The van der Waals surface area contributed by atoms with Gasteiger partial charge in [-0.1, -0.05) is 18.2 Å². The number of aromatic nitrogens is 2. The van der Waals surface area contributed by atoms with E-state index in [2.05, 4.69) is 15.3 Å². The van der Waals surface area contributed by atoms with Gasteiger partial charge in [0.2, 0.25) is 0 Å². The lowest BCUT2D eigenvalue weighted by Crippen LogP contribution is -2.23. The van der Waals surface area contributed by atoms with Crippen molar-refractivity contribution in [2.45, 2.75) is 0 Å². The first-order valence-electron chi connectivity index (χ1n) is 4.85. The second-order valence-corrected chi connectivity index (χ2v) is 3.71. The van der Waals surface area contributed by atoms with Crippen LogP contribution in [0.3, 0.4) is 0 Å². The molecule has 0 aliphatic carbocycles. The van der Waals surface area contributed by atoms with Crippen LogP contribution in [0.4, 0.5) is 5.69 Å². The van der Waals surface area contributed by atoms with E-state index < -0.39 is 11.5 Å². The van der Waals surface area contributed by atoms with E-state index in [0.717, 1.165) is 0 Å². The molecule has 1 aromatic carbocycles.